The molecular formula is C48H43Cl2FN6O2P2. The number of nitriles is 2. The van der Waals surface area contributed by atoms with Gasteiger partial charge in [0, 0.05) is 63.6 Å². The second kappa shape index (κ2) is 18.2. The van der Waals surface area contributed by atoms with E-state index in [1.54, 1.807) is 41.1 Å². The minimum atomic E-state index is -4.07. The molecule has 8 nitrogen and oxygen atoms in total. The lowest BCUT2D eigenvalue weighted by Gasteiger charge is -2.52. The molecule has 4 atom stereocenters. The molecule has 4 unspecified atom stereocenters. The normalized spacial score (nSPS) is 19.7. The van der Waals surface area contributed by atoms with Crippen molar-refractivity contribution in [2.24, 2.45) is 0 Å². The number of nitrogens with zero attached hydrogens (tertiary/aromatic N) is 6. The molecule has 2 aliphatic rings. The molecule has 0 aliphatic carbocycles. The smallest absolute Gasteiger partial charge is 0.271 e. The monoisotopic (exact) mass is 886 g/mol. The van der Waals surface area contributed by atoms with Gasteiger partial charge >= 0.3 is 0 Å². The van der Waals surface area contributed by atoms with E-state index in [0.29, 0.717) is 47.9 Å². The van der Waals surface area contributed by atoms with Gasteiger partial charge in [0.05, 0.1) is 42.3 Å². The topological polar surface area (TPSA) is 94.7 Å². The largest absolute Gasteiger partial charge is 0.306 e. The van der Waals surface area contributed by atoms with E-state index in [-0.39, 0.29) is 35.5 Å². The summed E-state index contributed by atoms with van der Waals surface area (Å²) in [5, 5.41) is 21.6. The first kappa shape index (κ1) is 42.2. The van der Waals surface area contributed by atoms with Crippen molar-refractivity contribution >= 4 is 60.8 Å². The van der Waals surface area contributed by atoms with E-state index in [4.69, 9.17) is 23.2 Å². The summed E-state index contributed by atoms with van der Waals surface area (Å²) >= 11 is 13.3. The molecule has 2 aliphatic heterocycles. The maximum atomic E-state index is 18.3. The Kier molecular flexibility index (Phi) is 12.6. The molecule has 2 saturated heterocycles. The van der Waals surface area contributed by atoms with E-state index in [1.807, 2.05) is 135 Å². The lowest BCUT2D eigenvalue weighted by molar-refractivity contribution is 0.504. The Morgan fingerprint density at radius 2 is 1.07 bits per heavy atom. The maximum absolute atomic E-state index is 18.3. The van der Waals surface area contributed by atoms with E-state index >= 15 is 13.5 Å². The van der Waals surface area contributed by atoms with E-state index < -0.39 is 38.1 Å². The number of para-hydroxylation sites is 4. The van der Waals surface area contributed by atoms with Crippen LogP contribution in [0, 0.1) is 28.5 Å². The summed E-state index contributed by atoms with van der Waals surface area (Å²) in [5.41, 5.74) is 1.54. The second-order valence-corrected chi connectivity index (χ2v) is 21.4. The zero-order chi connectivity index (χ0) is 42.6. The molecule has 8 rings (SSSR count). The number of hydrogen-bond donors (Lipinski definition) is 0. The first-order chi connectivity index (χ1) is 29.7. The Hall–Kier alpha value is -5.53. The third-order valence-electron chi connectivity index (χ3n) is 11.7. The number of rotatable bonds is 11. The van der Waals surface area contributed by atoms with Gasteiger partial charge in [-0.1, -0.05) is 120 Å². The fraction of sp³-hybridized carbons (Fsp3) is 0.208. The van der Waals surface area contributed by atoms with Crippen molar-refractivity contribution in [3.63, 3.8) is 0 Å². The van der Waals surface area contributed by atoms with Gasteiger partial charge in [0.25, 0.3) is 14.9 Å². The molecule has 2 heterocycles. The molecule has 6 aromatic rings. The van der Waals surface area contributed by atoms with Gasteiger partial charge in [-0.25, -0.2) is 4.39 Å². The lowest BCUT2D eigenvalue weighted by Crippen LogP contribution is -2.44. The van der Waals surface area contributed by atoms with Crippen LogP contribution < -0.4 is 18.7 Å². The molecule has 0 bridgehead atoms. The molecule has 6 aromatic carbocycles. The summed E-state index contributed by atoms with van der Waals surface area (Å²) in [4.78, 5) is 0. The van der Waals surface area contributed by atoms with Crippen LogP contribution in [0.5, 0.6) is 0 Å². The van der Waals surface area contributed by atoms with Gasteiger partial charge in [0.1, 0.15) is 5.82 Å². The fourth-order valence-electron chi connectivity index (χ4n) is 9.01. The summed E-state index contributed by atoms with van der Waals surface area (Å²) in [7, 11) is -7.94. The van der Waals surface area contributed by atoms with Crippen molar-refractivity contribution in [3.05, 3.63) is 190 Å². The average molecular weight is 888 g/mol. The molecule has 0 spiro atoms. The standard InChI is InChI=1S/C48H43Cl2FN6O2P2/c49-36-25-26-41(44(50)35-36)46(27-30-52)61(59)56(39-19-9-3-10-20-39)34-29-45(57(61)40-21-11-4-12-22-40)42-23-13-24-43(48(42)51)47(28-31-53)60(58)54(37-15-5-1-6-16-37)32-14-33-55(60)38-17-7-2-8-18-38/h1-13,15-26,35,45-47H,14,27-29,32-34H2. The number of halogens is 3. The minimum Gasteiger partial charge on any atom is -0.306 e. The Bertz CT molecular complexity index is 2620. The third kappa shape index (κ3) is 7.82. The van der Waals surface area contributed by atoms with Crippen LogP contribution in [-0.2, 0) is 9.13 Å². The van der Waals surface area contributed by atoms with Gasteiger partial charge in [-0.3, -0.25) is 13.8 Å². The molecule has 308 valence electrons. The molecule has 0 N–H and O–H groups in total. The van der Waals surface area contributed by atoms with Crippen LogP contribution in [-0.4, -0.2) is 19.6 Å². The number of hydrogen-bond acceptors (Lipinski definition) is 4. The van der Waals surface area contributed by atoms with Crippen molar-refractivity contribution in [1.29, 1.82) is 10.5 Å². The van der Waals surface area contributed by atoms with E-state index in [0.717, 1.165) is 11.4 Å². The van der Waals surface area contributed by atoms with E-state index in [2.05, 4.69) is 12.1 Å². The van der Waals surface area contributed by atoms with Crippen molar-refractivity contribution in [2.45, 2.75) is 43.0 Å². The van der Waals surface area contributed by atoms with Gasteiger partial charge < -0.3 is 14.0 Å². The quantitative estimate of drug-likeness (QED) is 0.119. The second-order valence-electron chi connectivity index (χ2n) is 15.1. The Balaban J connectivity index is 1.34. The third-order valence-corrected chi connectivity index (χ3v) is 19.3. The summed E-state index contributed by atoms with van der Waals surface area (Å²) in [5.74, 6) is -0.614. The van der Waals surface area contributed by atoms with Crippen LogP contribution in [0.3, 0.4) is 0 Å². The van der Waals surface area contributed by atoms with Crippen LogP contribution in [0.1, 0.15) is 59.7 Å². The Morgan fingerprint density at radius 1 is 0.590 bits per heavy atom. The predicted molar refractivity (Wildman–Crippen MR) is 246 cm³/mol. The first-order valence-corrected chi connectivity index (χ1v) is 24.3. The van der Waals surface area contributed by atoms with Crippen molar-refractivity contribution in [3.8, 4) is 12.1 Å². The lowest BCUT2D eigenvalue weighted by atomic mass is 9.97. The summed E-state index contributed by atoms with van der Waals surface area (Å²) in [6.07, 6.45) is 0.628. The molecule has 0 radical (unpaired) electrons. The first-order valence-electron chi connectivity index (χ1n) is 20.2. The highest BCUT2D eigenvalue weighted by Crippen LogP contribution is 2.73. The highest BCUT2D eigenvalue weighted by Gasteiger charge is 2.53. The number of benzene rings is 6. The van der Waals surface area contributed by atoms with Crippen LogP contribution in [0.25, 0.3) is 0 Å². The molecule has 61 heavy (non-hydrogen) atoms. The summed E-state index contributed by atoms with van der Waals surface area (Å²) in [6.45, 7) is 1.14. The van der Waals surface area contributed by atoms with Crippen LogP contribution in [0.4, 0.5) is 27.1 Å². The highest BCUT2D eigenvalue weighted by atomic mass is 35.5. The molecule has 0 saturated carbocycles. The summed E-state index contributed by atoms with van der Waals surface area (Å²) < 4.78 is 59.0. The summed E-state index contributed by atoms with van der Waals surface area (Å²) in [6, 6.07) is 51.3. The van der Waals surface area contributed by atoms with Gasteiger partial charge in [0.15, 0.2) is 0 Å². The van der Waals surface area contributed by atoms with Gasteiger partial charge in [0.2, 0.25) is 0 Å². The van der Waals surface area contributed by atoms with Crippen molar-refractivity contribution < 1.29 is 13.5 Å². The van der Waals surface area contributed by atoms with Gasteiger partial charge in [-0.05, 0) is 79.1 Å². The zero-order valence-corrected chi connectivity index (χ0v) is 36.5. The van der Waals surface area contributed by atoms with Gasteiger partial charge in [-0.15, -0.1) is 0 Å². The zero-order valence-electron chi connectivity index (χ0n) is 33.2. The molecular weight excluding hydrogens is 844 g/mol. The van der Waals surface area contributed by atoms with Crippen LogP contribution >= 0.6 is 38.1 Å². The van der Waals surface area contributed by atoms with Crippen LogP contribution in [0.15, 0.2) is 158 Å². The molecule has 0 aromatic heterocycles. The molecule has 0 amide bonds. The van der Waals surface area contributed by atoms with Crippen molar-refractivity contribution in [1.82, 2.24) is 0 Å². The molecule has 2 fully saturated rings. The fourth-order valence-corrected chi connectivity index (χ4v) is 17.0. The Labute approximate surface area is 366 Å². The SMILES string of the molecule is N#CCC(c1cccc(C2CCN(c3ccccc3)P(=O)(C(CC#N)c3ccc(Cl)cc3Cl)N2c2ccccc2)c1F)P1(=O)N(c2ccccc2)CCCN1c1ccccc1. The predicted octanol–water partition coefficient (Wildman–Crippen LogP) is 14.0. The molecule has 13 heteroatoms. The average Bonchev–Trinajstić information content (AvgIpc) is 3.29. The highest BCUT2D eigenvalue weighted by molar-refractivity contribution is 7.68. The van der Waals surface area contributed by atoms with E-state index in [9.17, 15) is 10.5 Å². The maximum Gasteiger partial charge on any atom is 0.271 e. The van der Waals surface area contributed by atoms with Crippen LogP contribution in [0.2, 0.25) is 10.0 Å². The Morgan fingerprint density at radius 3 is 1.56 bits per heavy atom. The van der Waals surface area contributed by atoms with Gasteiger partial charge in [-0.2, -0.15) is 10.5 Å². The van der Waals surface area contributed by atoms with E-state index in [1.165, 1.54) is 0 Å². The van der Waals surface area contributed by atoms with Crippen molar-refractivity contribution in [2.75, 3.05) is 38.3 Å². The number of anilines is 4. The minimum absolute atomic E-state index is 0.147.